The minimum Gasteiger partial charge on any atom is -0.411 e. The van der Waals surface area contributed by atoms with E-state index in [1.165, 1.54) is 11.3 Å². The summed E-state index contributed by atoms with van der Waals surface area (Å²) in [6.45, 7) is 3.66. The molecule has 1 aromatic carbocycles. The highest BCUT2D eigenvalue weighted by molar-refractivity contribution is 7.17. The lowest BCUT2D eigenvalue weighted by Gasteiger charge is -1.95. The van der Waals surface area contributed by atoms with Gasteiger partial charge in [0.1, 0.15) is 5.01 Å². The van der Waals surface area contributed by atoms with Crippen LogP contribution in [-0.4, -0.2) is 15.9 Å². The van der Waals surface area contributed by atoms with Crippen LogP contribution in [0.1, 0.15) is 17.5 Å². The Morgan fingerprint density at radius 2 is 2.00 bits per heavy atom. The minimum absolute atomic E-state index is 0.584. The molecule has 17 heavy (non-hydrogen) atoms. The molecule has 0 radical (unpaired) electrons. The summed E-state index contributed by atoms with van der Waals surface area (Å²) in [5, 5.41) is 13.6. The van der Waals surface area contributed by atoms with E-state index in [1.807, 2.05) is 31.2 Å². The molecule has 0 aliphatic rings. The van der Waals surface area contributed by atoms with Gasteiger partial charge in [-0.15, -0.1) is 11.3 Å². The number of thiazole rings is 1. The highest BCUT2D eigenvalue weighted by Gasteiger charge is 2.11. The third-order valence-corrected chi connectivity index (χ3v) is 3.93. The lowest BCUT2D eigenvalue weighted by molar-refractivity contribution is 0.319. The Balaban J connectivity index is 2.44. The number of hydrogen-bond acceptors (Lipinski definition) is 4. The van der Waals surface area contributed by atoms with E-state index in [2.05, 4.69) is 10.1 Å². The van der Waals surface area contributed by atoms with Crippen LogP contribution < -0.4 is 0 Å². The fourth-order valence-corrected chi connectivity index (χ4v) is 2.63. The maximum absolute atomic E-state index is 8.78. The number of aromatic nitrogens is 1. The summed E-state index contributed by atoms with van der Waals surface area (Å²) >= 11 is 7.35. The summed E-state index contributed by atoms with van der Waals surface area (Å²) < 4.78 is 0. The third-order valence-electron chi connectivity index (χ3n) is 2.37. The lowest BCUT2D eigenvalue weighted by atomic mass is 10.2. The maximum atomic E-state index is 8.78. The number of halogens is 1. The largest absolute Gasteiger partial charge is 0.411 e. The Bertz CT molecular complexity index is 560. The summed E-state index contributed by atoms with van der Waals surface area (Å²) in [6.07, 6.45) is 0. The van der Waals surface area contributed by atoms with Gasteiger partial charge in [-0.05, 0) is 26.0 Å². The van der Waals surface area contributed by atoms with Gasteiger partial charge < -0.3 is 5.21 Å². The SMILES string of the molecule is C/C(=N\O)c1sc(-c2ccc(Cl)cc2)nc1C. The van der Waals surface area contributed by atoms with E-state index in [0.29, 0.717) is 10.7 Å². The third kappa shape index (κ3) is 2.48. The van der Waals surface area contributed by atoms with Crippen LogP contribution in [0.15, 0.2) is 29.4 Å². The molecule has 0 bridgehead atoms. The van der Waals surface area contributed by atoms with Crippen LogP contribution in [0.25, 0.3) is 10.6 Å². The van der Waals surface area contributed by atoms with E-state index in [-0.39, 0.29) is 0 Å². The van der Waals surface area contributed by atoms with Gasteiger partial charge in [0.15, 0.2) is 0 Å². The van der Waals surface area contributed by atoms with Crippen molar-refractivity contribution >= 4 is 28.6 Å². The number of rotatable bonds is 2. The molecule has 0 saturated carbocycles. The maximum Gasteiger partial charge on any atom is 0.124 e. The van der Waals surface area contributed by atoms with Gasteiger partial charge in [0.25, 0.3) is 0 Å². The average molecular weight is 267 g/mol. The Morgan fingerprint density at radius 3 is 2.59 bits per heavy atom. The highest BCUT2D eigenvalue weighted by Crippen LogP contribution is 2.29. The quantitative estimate of drug-likeness (QED) is 0.508. The Hall–Kier alpha value is -1.39. The summed E-state index contributed by atoms with van der Waals surface area (Å²) in [6, 6.07) is 7.52. The van der Waals surface area contributed by atoms with Crippen molar-refractivity contribution in [2.24, 2.45) is 5.16 Å². The molecule has 5 heteroatoms. The summed E-state index contributed by atoms with van der Waals surface area (Å²) in [5.74, 6) is 0. The van der Waals surface area contributed by atoms with Gasteiger partial charge in [-0.1, -0.05) is 28.9 Å². The second-order valence-corrected chi connectivity index (χ2v) is 5.06. The van der Waals surface area contributed by atoms with Crippen molar-refractivity contribution in [2.45, 2.75) is 13.8 Å². The van der Waals surface area contributed by atoms with Gasteiger partial charge in [-0.3, -0.25) is 0 Å². The van der Waals surface area contributed by atoms with E-state index in [0.717, 1.165) is 21.1 Å². The number of aryl methyl sites for hydroxylation is 1. The van der Waals surface area contributed by atoms with Gasteiger partial charge in [0.05, 0.1) is 16.3 Å². The average Bonchev–Trinajstić information content (AvgIpc) is 2.71. The molecular weight excluding hydrogens is 256 g/mol. The molecule has 0 saturated heterocycles. The van der Waals surface area contributed by atoms with Gasteiger partial charge in [0, 0.05) is 10.6 Å². The molecule has 0 spiro atoms. The molecule has 3 nitrogen and oxygen atoms in total. The van der Waals surface area contributed by atoms with Crippen LogP contribution in [0.4, 0.5) is 0 Å². The standard InChI is InChI=1S/C12H11ClN2OS/c1-7-11(8(2)15-16)17-12(14-7)9-3-5-10(13)6-4-9/h3-6,16H,1-2H3/b15-8+. The van der Waals surface area contributed by atoms with Crippen molar-refractivity contribution in [1.29, 1.82) is 0 Å². The summed E-state index contributed by atoms with van der Waals surface area (Å²) in [4.78, 5) is 5.36. The van der Waals surface area contributed by atoms with Crippen molar-refractivity contribution in [3.8, 4) is 10.6 Å². The first-order valence-electron chi connectivity index (χ1n) is 5.04. The molecular formula is C12H11ClN2OS. The number of oxime groups is 1. The van der Waals surface area contributed by atoms with Crippen LogP contribution in [0.3, 0.4) is 0 Å². The summed E-state index contributed by atoms with van der Waals surface area (Å²) in [7, 11) is 0. The topological polar surface area (TPSA) is 45.5 Å². The normalized spacial score (nSPS) is 11.8. The Morgan fingerprint density at radius 1 is 1.35 bits per heavy atom. The van der Waals surface area contributed by atoms with Crippen LogP contribution in [0.5, 0.6) is 0 Å². The van der Waals surface area contributed by atoms with Crippen molar-refractivity contribution in [3.63, 3.8) is 0 Å². The number of benzene rings is 1. The molecule has 88 valence electrons. The zero-order valence-corrected chi connectivity index (χ0v) is 11.0. The first kappa shape index (κ1) is 12.1. The molecule has 0 amide bonds. The fourth-order valence-electron chi connectivity index (χ4n) is 1.49. The molecule has 0 aliphatic carbocycles. The van der Waals surface area contributed by atoms with Crippen molar-refractivity contribution < 1.29 is 5.21 Å². The van der Waals surface area contributed by atoms with Crippen molar-refractivity contribution in [2.75, 3.05) is 0 Å². The van der Waals surface area contributed by atoms with Crippen molar-refractivity contribution in [1.82, 2.24) is 4.98 Å². The van der Waals surface area contributed by atoms with Gasteiger partial charge in [-0.2, -0.15) is 0 Å². The first-order valence-corrected chi connectivity index (χ1v) is 6.23. The van der Waals surface area contributed by atoms with Crippen LogP contribution in [0, 0.1) is 6.92 Å². The molecule has 0 fully saturated rings. The van der Waals surface area contributed by atoms with Crippen LogP contribution >= 0.6 is 22.9 Å². The molecule has 1 N–H and O–H groups in total. The van der Waals surface area contributed by atoms with E-state index < -0.39 is 0 Å². The van der Waals surface area contributed by atoms with E-state index in [9.17, 15) is 0 Å². The van der Waals surface area contributed by atoms with Gasteiger partial charge >= 0.3 is 0 Å². The van der Waals surface area contributed by atoms with E-state index in [1.54, 1.807) is 6.92 Å². The van der Waals surface area contributed by atoms with E-state index >= 15 is 0 Å². The lowest BCUT2D eigenvalue weighted by Crippen LogP contribution is -1.92. The highest BCUT2D eigenvalue weighted by atomic mass is 35.5. The zero-order valence-electron chi connectivity index (χ0n) is 9.44. The van der Waals surface area contributed by atoms with Crippen molar-refractivity contribution in [3.05, 3.63) is 39.9 Å². The predicted molar refractivity (Wildman–Crippen MR) is 71.3 cm³/mol. The monoisotopic (exact) mass is 266 g/mol. The molecule has 2 aromatic rings. The first-order chi connectivity index (χ1) is 8.11. The molecule has 0 atom stereocenters. The molecule has 1 aromatic heterocycles. The Labute approximate surface area is 108 Å². The van der Waals surface area contributed by atoms with Crippen LogP contribution in [0.2, 0.25) is 5.02 Å². The molecule has 0 aliphatic heterocycles. The smallest absolute Gasteiger partial charge is 0.124 e. The number of hydrogen-bond donors (Lipinski definition) is 1. The second kappa shape index (κ2) is 4.85. The molecule has 2 rings (SSSR count). The fraction of sp³-hybridized carbons (Fsp3) is 0.167. The Kier molecular flexibility index (Phi) is 3.45. The van der Waals surface area contributed by atoms with Gasteiger partial charge in [-0.25, -0.2) is 4.98 Å². The number of nitrogens with zero attached hydrogens (tertiary/aromatic N) is 2. The van der Waals surface area contributed by atoms with Gasteiger partial charge in [0.2, 0.25) is 0 Å². The molecule has 0 unspecified atom stereocenters. The second-order valence-electron chi connectivity index (χ2n) is 3.63. The minimum atomic E-state index is 0.584. The summed E-state index contributed by atoms with van der Waals surface area (Å²) in [5.41, 5.74) is 2.47. The van der Waals surface area contributed by atoms with E-state index in [4.69, 9.17) is 16.8 Å². The predicted octanol–water partition coefficient (Wildman–Crippen LogP) is 3.97. The van der Waals surface area contributed by atoms with Crippen LogP contribution in [-0.2, 0) is 0 Å². The zero-order chi connectivity index (χ0) is 12.4. The molecule has 1 heterocycles.